The molecule has 1 fully saturated rings. The number of hydrogen-bond donors (Lipinski definition) is 2. The van der Waals surface area contributed by atoms with E-state index in [0.717, 1.165) is 5.56 Å². The molecule has 1 aromatic rings. The number of carbonyl (C=O) groups is 2. The third-order valence-corrected chi connectivity index (χ3v) is 3.09. The van der Waals surface area contributed by atoms with Gasteiger partial charge in [-0.05, 0) is 12.5 Å². The first-order valence-corrected chi connectivity index (χ1v) is 6.45. The SMILES string of the molecule is CCOC(=O)[C@H](NC(=O)C1CNC1)c1ccccc1. The van der Waals surface area contributed by atoms with Gasteiger partial charge in [0.2, 0.25) is 5.91 Å². The van der Waals surface area contributed by atoms with Crippen molar-refractivity contribution in [2.75, 3.05) is 19.7 Å². The highest BCUT2D eigenvalue weighted by atomic mass is 16.5. The van der Waals surface area contributed by atoms with E-state index in [4.69, 9.17) is 4.74 Å². The second-order valence-corrected chi connectivity index (χ2v) is 4.46. The lowest BCUT2D eigenvalue weighted by atomic mass is 10.0. The summed E-state index contributed by atoms with van der Waals surface area (Å²) in [5.74, 6) is -0.587. The summed E-state index contributed by atoms with van der Waals surface area (Å²) in [5, 5.41) is 5.80. The number of nitrogens with one attached hydrogen (secondary N) is 2. The van der Waals surface area contributed by atoms with E-state index in [9.17, 15) is 9.59 Å². The topological polar surface area (TPSA) is 67.4 Å². The molecule has 5 heteroatoms. The minimum atomic E-state index is -0.728. The Kier molecular flexibility index (Phi) is 4.52. The molecule has 5 nitrogen and oxygen atoms in total. The highest BCUT2D eigenvalue weighted by Gasteiger charge is 2.30. The van der Waals surface area contributed by atoms with Crippen molar-refractivity contribution in [3.63, 3.8) is 0 Å². The number of benzene rings is 1. The van der Waals surface area contributed by atoms with Gasteiger partial charge in [0.15, 0.2) is 6.04 Å². The first kappa shape index (κ1) is 13.5. The van der Waals surface area contributed by atoms with Crippen LogP contribution >= 0.6 is 0 Å². The van der Waals surface area contributed by atoms with Crippen LogP contribution < -0.4 is 10.6 Å². The molecule has 0 aromatic heterocycles. The van der Waals surface area contributed by atoms with Gasteiger partial charge < -0.3 is 15.4 Å². The Morgan fingerprint density at radius 2 is 2.05 bits per heavy atom. The fraction of sp³-hybridized carbons (Fsp3) is 0.429. The second-order valence-electron chi connectivity index (χ2n) is 4.46. The lowest BCUT2D eigenvalue weighted by molar-refractivity contribution is -0.148. The quantitative estimate of drug-likeness (QED) is 0.764. The molecule has 1 saturated heterocycles. The Balaban J connectivity index is 2.09. The lowest BCUT2D eigenvalue weighted by Crippen LogP contribution is -2.52. The van der Waals surface area contributed by atoms with Gasteiger partial charge in [-0.2, -0.15) is 0 Å². The van der Waals surface area contributed by atoms with Gasteiger partial charge in [-0.3, -0.25) is 4.79 Å². The number of esters is 1. The van der Waals surface area contributed by atoms with Crippen LogP contribution in [0.2, 0.25) is 0 Å². The summed E-state index contributed by atoms with van der Waals surface area (Å²) in [7, 11) is 0. The first-order valence-electron chi connectivity index (χ1n) is 6.45. The maximum Gasteiger partial charge on any atom is 0.333 e. The van der Waals surface area contributed by atoms with Crippen molar-refractivity contribution < 1.29 is 14.3 Å². The van der Waals surface area contributed by atoms with Crippen LogP contribution in [0.1, 0.15) is 18.5 Å². The Bertz CT molecular complexity index is 443. The number of rotatable bonds is 5. The van der Waals surface area contributed by atoms with Gasteiger partial charge in [0.1, 0.15) is 0 Å². The molecule has 1 atom stereocenters. The normalized spacial score (nSPS) is 16.3. The molecule has 0 bridgehead atoms. The van der Waals surface area contributed by atoms with E-state index in [2.05, 4.69) is 10.6 Å². The summed E-state index contributed by atoms with van der Waals surface area (Å²) in [6.07, 6.45) is 0. The largest absolute Gasteiger partial charge is 0.464 e. The average Bonchev–Trinajstić information content (AvgIpc) is 2.35. The van der Waals surface area contributed by atoms with Crippen molar-refractivity contribution in [3.05, 3.63) is 35.9 Å². The Labute approximate surface area is 112 Å². The Hall–Kier alpha value is -1.88. The second kappa shape index (κ2) is 6.33. The molecule has 102 valence electrons. The summed E-state index contributed by atoms with van der Waals surface area (Å²) >= 11 is 0. The van der Waals surface area contributed by atoms with Gasteiger partial charge in [0, 0.05) is 13.1 Å². The van der Waals surface area contributed by atoms with Crippen LogP contribution in [0.15, 0.2) is 30.3 Å². The monoisotopic (exact) mass is 262 g/mol. The molecule has 0 aliphatic carbocycles. The molecule has 2 N–H and O–H groups in total. The van der Waals surface area contributed by atoms with Crippen molar-refractivity contribution in [2.45, 2.75) is 13.0 Å². The molecule has 1 amide bonds. The average molecular weight is 262 g/mol. The fourth-order valence-corrected chi connectivity index (χ4v) is 1.88. The first-order chi connectivity index (χ1) is 9.22. The van der Waals surface area contributed by atoms with Crippen LogP contribution in [0.5, 0.6) is 0 Å². The number of ether oxygens (including phenoxy) is 1. The maximum absolute atomic E-state index is 12.0. The van der Waals surface area contributed by atoms with Gasteiger partial charge in [0.25, 0.3) is 0 Å². The minimum Gasteiger partial charge on any atom is -0.464 e. The van der Waals surface area contributed by atoms with Gasteiger partial charge in [-0.25, -0.2) is 4.79 Å². The van der Waals surface area contributed by atoms with E-state index in [0.29, 0.717) is 19.7 Å². The number of amides is 1. The summed E-state index contributed by atoms with van der Waals surface area (Å²) in [5.41, 5.74) is 0.738. The van der Waals surface area contributed by atoms with Gasteiger partial charge in [-0.15, -0.1) is 0 Å². The summed E-state index contributed by atoms with van der Waals surface area (Å²) in [4.78, 5) is 23.9. The predicted octanol–water partition coefficient (Wildman–Crippen LogP) is 0.626. The third-order valence-electron chi connectivity index (χ3n) is 3.09. The summed E-state index contributed by atoms with van der Waals surface area (Å²) in [6.45, 7) is 3.37. The Morgan fingerprint density at radius 3 is 2.58 bits per heavy atom. The Morgan fingerprint density at radius 1 is 1.37 bits per heavy atom. The molecule has 1 aromatic carbocycles. The van der Waals surface area contributed by atoms with Crippen LogP contribution in [-0.2, 0) is 14.3 Å². The van der Waals surface area contributed by atoms with Crippen molar-refractivity contribution in [2.24, 2.45) is 5.92 Å². The van der Waals surface area contributed by atoms with Crippen molar-refractivity contribution >= 4 is 11.9 Å². The van der Waals surface area contributed by atoms with Crippen molar-refractivity contribution in [1.82, 2.24) is 10.6 Å². The van der Waals surface area contributed by atoms with Gasteiger partial charge >= 0.3 is 5.97 Å². The summed E-state index contributed by atoms with van der Waals surface area (Å²) < 4.78 is 5.02. The molecule has 1 heterocycles. The molecule has 1 aliphatic heterocycles. The fourth-order valence-electron chi connectivity index (χ4n) is 1.88. The van der Waals surface area contributed by atoms with E-state index in [1.807, 2.05) is 18.2 Å². The highest BCUT2D eigenvalue weighted by Crippen LogP contribution is 2.16. The molecular formula is C14H18N2O3. The zero-order valence-electron chi connectivity index (χ0n) is 10.9. The molecular weight excluding hydrogens is 244 g/mol. The van der Waals surface area contributed by atoms with E-state index in [-0.39, 0.29) is 11.8 Å². The van der Waals surface area contributed by atoms with Crippen LogP contribution in [0.25, 0.3) is 0 Å². The number of hydrogen-bond acceptors (Lipinski definition) is 4. The van der Waals surface area contributed by atoms with Crippen LogP contribution in [0.4, 0.5) is 0 Å². The smallest absolute Gasteiger partial charge is 0.333 e. The van der Waals surface area contributed by atoms with Crippen molar-refractivity contribution in [1.29, 1.82) is 0 Å². The van der Waals surface area contributed by atoms with Gasteiger partial charge in [-0.1, -0.05) is 30.3 Å². The van der Waals surface area contributed by atoms with Crippen LogP contribution in [0.3, 0.4) is 0 Å². The summed E-state index contributed by atoms with van der Waals surface area (Å²) in [6, 6.07) is 8.41. The standard InChI is InChI=1S/C14H18N2O3/c1-2-19-14(18)12(10-6-4-3-5-7-10)16-13(17)11-8-15-9-11/h3-7,11-12,15H,2,8-9H2,1H3,(H,16,17)/t12-/m1/s1. The van der Waals surface area contributed by atoms with Crippen LogP contribution in [-0.4, -0.2) is 31.6 Å². The molecule has 0 saturated carbocycles. The third kappa shape index (κ3) is 3.32. The van der Waals surface area contributed by atoms with E-state index in [1.54, 1.807) is 19.1 Å². The van der Waals surface area contributed by atoms with Gasteiger partial charge in [0.05, 0.1) is 12.5 Å². The predicted molar refractivity (Wildman–Crippen MR) is 70.3 cm³/mol. The van der Waals surface area contributed by atoms with E-state index in [1.165, 1.54) is 0 Å². The zero-order valence-corrected chi connectivity index (χ0v) is 10.9. The minimum absolute atomic E-state index is 0.0550. The molecule has 1 aliphatic rings. The molecule has 19 heavy (non-hydrogen) atoms. The molecule has 2 rings (SSSR count). The van der Waals surface area contributed by atoms with Crippen molar-refractivity contribution in [3.8, 4) is 0 Å². The lowest BCUT2D eigenvalue weighted by Gasteiger charge is -2.28. The number of carbonyl (C=O) groups excluding carboxylic acids is 2. The maximum atomic E-state index is 12.0. The zero-order chi connectivity index (χ0) is 13.7. The van der Waals surface area contributed by atoms with Crippen LogP contribution in [0, 0.1) is 5.92 Å². The van der Waals surface area contributed by atoms with E-state index >= 15 is 0 Å². The molecule has 0 spiro atoms. The molecule has 0 radical (unpaired) electrons. The van der Waals surface area contributed by atoms with E-state index < -0.39 is 12.0 Å². The highest BCUT2D eigenvalue weighted by molar-refractivity contribution is 5.87. The molecule has 0 unspecified atom stereocenters.